The van der Waals surface area contributed by atoms with Crippen LogP contribution in [0.1, 0.15) is 15.9 Å². The summed E-state index contributed by atoms with van der Waals surface area (Å²) in [6.45, 7) is 0. The van der Waals surface area contributed by atoms with Crippen LogP contribution in [0.4, 0.5) is 11.4 Å². The third-order valence-electron chi connectivity index (χ3n) is 2.92. The second kappa shape index (κ2) is 6.89. The molecule has 0 saturated heterocycles. The van der Waals surface area contributed by atoms with Crippen molar-refractivity contribution in [1.82, 2.24) is 0 Å². The predicted molar refractivity (Wildman–Crippen MR) is 84.8 cm³/mol. The Kier molecular flexibility index (Phi) is 4.92. The van der Waals surface area contributed by atoms with Gasteiger partial charge in [-0.2, -0.15) is 0 Å². The SMILES string of the molecule is COC(=O)c1ccc(N=Cc2cc(Cl)cc([N+](=O)[O-])c2O)cc1. The van der Waals surface area contributed by atoms with Gasteiger partial charge in [-0.25, -0.2) is 4.79 Å². The van der Waals surface area contributed by atoms with Gasteiger partial charge in [-0.05, 0) is 30.3 Å². The summed E-state index contributed by atoms with van der Waals surface area (Å²) >= 11 is 5.79. The van der Waals surface area contributed by atoms with Crippen LogP contribution in [0, 0.1) is 10.1 Å². The molecule has 0 radical (unpaired) electrons. The molecule has 0 spiro atoms. The first-order valence-corrected chi connectivity index (χ1v) is 6.69. The van der Waals surface area contributed by atoms with E-state index in [4.69, 9.17) is 11.6 Å². The lowest BCUT2D eigenvalue weighted by Crippen LogP contribution is -1.99. The second-order valence-electron chi connectivity index (χ2n) is 4.42. The zero-order valence-corrected chi connectivity index (χ0v) is 12.6. The largest absolute Gasteiger partial charge is 0.502 e. The minimum absolute atomic E-state index is 0.108. The van der Waals surface area contributed by atoms with Crippen LogP contribution in [0.5, 0.6) is 5.75 Å². The number of aromatic hydroxyl groups is 1. The van der Waals surface area contributed by atoms with Gasteiger partial charge in [0.05, 0.1) is 23.3 Å². The quantitative estimate of drug-likeness (QED) is 0.399. The van der Waals surface area contributed by atoms with Gasteiger partial charge >= 0.3 is 11.7 Å². The molecule has 0 bridgehead atoms. The number of benzene rings is 2. The maximum Gasteiger partial charge on any atom is 0.337 e. The number of hydrogen-bond donors (Lipinski definition) is 1. The summed E-state index contributed by atoms with van der Waals surface area (Å²) in [5.74, 6) is -0.988. The van der Waals surface area contributed by atoms with Crippen LogP contribution in [-0.4, -0.2) is 29.3 Å². The van der Waals surface area contributed by atoms with Gasteiger partial charge in [-0.3, -0.25) is 15.1 Å². The Morgan fingerprint density at radius 3 is 2.57 bits per heavy atom. The van der Waals surface area contributed by atoms with Crippen molar-refractivity contribution in [2.24, 2.45) is 4.99 Å². The van der Waals surface area contributed by atoms with Crippen molar-refractivity contribution in [2.75, 3.05) is 7.11 Å². The third kappa shape index (κ3) is 3.83. The van der Waals surface area contributed by atoms with Gasteiger partial charge in [-0.15, -0.1) is 0 Å². The number of nitrogens with zero attached hydrogens (tertiary/aromatic N) is 2. The Bertz CT molecular complexity index is 787. The van der Waals surface area contributed by atoms with Crippen molar-refractivity contribution in [2.45, 2.75) is 0 Å². The lowest BCUT2D eigenvalue weighted by Gasteiger charge is -2.02. The number of carbonyl (C=O) groups is 1. The molecule has 118 valence electrons. The van der Waals surface area contributed by atoms with E-state index in [0.717, 1.165) is 6.07 Å². The van der Waals surface area contributed by atoms with Crippen LogP contribution in [0.2, 0.25) is 5.02 Å². The molecule has 0 saturated carbocycles. The van der Waals surface area contributed by atoms with E-state index in [9.17, 15) is 20.0 Å². The molecule has 0 aliphatic carbocycles. The molecule has 0 unspecified atom stereocenters. The minimum atomic E-state index is -0.732. The molecular weight excluding hydrogens is 324 g/mol. The number of hydrogen-bond acceptors (Lipinski definition) is 6. The number of methoxy groups -OCH3 is 1. The van der Waals surface area contributed by atoms with Gasteiger partial charge in [0, 0.05) is 22.9 Å². The van der Waals surface area contributed by atoms with Gasteiger partial charge in [0.25, 0.3) is 0 Å². The first-order valence-electron chi connectivity index (χ1n) is 6.31. The fourth-order valence-electron chi connectivity index (χ4n) is 1.79. The Labute approximate surface area is 136 Å². The van der Waals surface area contributed by atoms with Crippen molar-refractivity contribution in [3.05, 3.63) is 62.7 Å². The highest BCUT2D eigenvalue weighted by Gasteiger charge is 2.17. The van der Waals surface area contributed by atoms with Crippen LogP contribution in [-0.2, 0) is 4.74 Å². The molecule has 2 aromatic rings. The summed E-state index contributed by atoms with van der Waals surface area (Å²) in [7, 11) is 1.28. The maximum absolute atomic E-state index is 11.3. The Morgan fingerprint density at radius 2 is 2.00 bits per heavy atom. The zero-order valence-electron chi connectivity index (χ0n) is 11.9. The molecule has 0 fully saturated rings. The normalized spacial score (nSPS) is 10.7. The summed E-state index contributed by atoms with van der Waals surface area (Å²) in [6.07, 6.45) is 1.25. The monoisotopic (exact) mass is 334 g/mol. The summed E-state index contributed by atoms with van der Waals surface area (Å²) in [5.41, 5.74) is 0.466. The number of nitro groups is 1. The molecule has 7 nitrogen and oxygen atoms in total. The smallest absolute Gasteiger partial charge is 0.337 e. The molecule has 23 heavy (non-hydrogen) atoms. The molecule has 0 aromatic heterocycles. The Balaban J connectivity index is 2.30. The Hall–Kier alpha value is -2.93. The fourth-order valence-corrected chi connectivity index (χ4v) is 2.01. The molecule has 0 aliphatic rings. The highest BCUT2D eigenvalue weighted by molar-refractivity contribution is 6.31. The summed E-state index contributed by atoms with van der Waals surface area (Å²) in [4.78, 5) is 25.5. The highest BCUT2D eigenvalue weighted by atomic mass is 35.5. The number of nitro benzene ring substituents is 1. The number of phenolic OH excluding ortho intramolecular Hbond substituents is 1. The average molecular weight is 335 g/mol. The van der Waals surface area contributed by atoms with Crippen LogP contribution >= 0.6 is 11.6 Å². The molecule has 2 rings (SSSR count). The molecule has 8 heteroatoms. The molecule has 0 aliphatic heterocycles. The van der Waals surface area contributed by atoms with Crippen molar-refractivity contribution in [1.29, 1.82) is 0 Å². The molecule has 2 aromatic carbocycles. The zero-order chi connectivity index (χ0) is 17.0. The van der Waals surface area contributed by atoms with Gasteiger partial charge in [-0.1, -0.05) is 11.6 Å². The number of carbonyl (C=O) groups excluding carboxylic acids is 1. The van der Waals surface area contributed by atoms with E-state index in [-0.39, 0.29) is 10.6 Å². The van der Waals surface area contributed by atoms with Crippen LogP contribution in [0.15, 0.2) is 41.4 Å². The van der Waals surface area contributed by atoms with Crippen LogP contribution in [0.3, 0.4) is 0 Å². The number of halogens is 1. The van der Waals surface area contributed by atoms with Gasteiger partial charge in [0.1, 0.15) is 0 Å². The van der Waals surface area contributed by atoms with Crippen molar-refractivity contribution in [3.63, 3.8) is 0 Å². The standard InChI is InChI=1S/C15H11ClN2O5/c1-23-15(20)9-2-4-12(5-3-9)17-8-10-6-11(16)7-13(14(10)19)18(21)22/h2-8,19H,1H3. The van der Waals surface area contributed by atoms with Crippen LogP contribution in [0.25, 0.3) is 0 Å². The molecule has 0 atom stereocenters. The number of aliphatic imine (C=N–C) groups is 1. The Morgan fingerprint density at radius 1 is 1.35 bits per heavy atom. The van der Waals surface area contributed by atoms with E-state index in [1.165, 1.54) is 31.5 Å². The van der Waals surface area contributed by atoms with Crippen molar-refractivity contribution >= 4 is 35.2 Å². The first-order chi connectivity index (χ1) is 10.9. The maximum atomic E-state index is 11.3. The third-order valence-corrected chi connectivity index (χ3v) is 3.14. The summed E-state index contributed by atoms with van der Waals surface area (Å²) in [6, 6.07) is 8.60. The highest BCUT2D eigenvalue weighted by Crippen LogP contribution is 2.32. The van der Waals surface area contributed by atoms with E-state index in [2.05, 4.69) is 9.73 Å². The summed E-state index contributed by atoms with van der Waals surface area (Å²) < 4.78 is 4.58. The molecule has 0 amide bonds. The number of phenols is 1. The number of esters is 1. The molecule has 1 N–H and O–H groups in total. The van der Waals surface area contributed by atoms with Gasteiger partial charge in [0.15, 0.2) is 0 Å². The predicted octanol–water partition coefficient (Wildman–Crippen LogP) is 3.49. The van der Waals surface area contributed by atoms with E-state index in [1.54, 1.807) is 12.1 Å². The summed E-state index contributed by atoms with van der Waals surface area (Å²) in [5, 5.41) is 20.8. The first kappa shape index (κ1) is 16.4. The average Bonchev–Trinajstić information content (AvgIpc) is 2.54. The lowest BCUT2D eigenvalue weighted by atomic mass is 10.2. The van der Waals surface area contributed by atoms with Crippen molar-refractivity contribution < 1.29 is 19.6 Å². The van der Waals surface area contributed by atoms with E-state index in [1.807, 2.05) is 0 Å². The lowest BCUT2D eigenvalue weighted by molar-refractivity contribution is -0.385. The van der Waals surface area contributed by atoms with Gasteiger partial charge in [0.2, 0.25) is 5.75 Å². The van der Waals surface area contributed by atoms with E-state index < -0.39 is 22.3 Å². The fraction of sp³-hybridized carbons (Fsp3) is 0.0667. The van der Waals surface area contributed by atoms with E-state index >= 15 is 0 Å². The van der Waals surface area contributed by atoms with E-state index in [0.29, 0.717) is 11.3 Å². The topological polar surface area (TPSA) is 102 Å². The van der Waals surface area contributed by atoms with Gasteiger partial charge < -0.3 is 9.84 Å². The molecule has 0 heterocycles. The molecular formula is C15H11ClN2O5. The van der Waals surface area contributed by atoms with Crippen LogP contribution < -0.4 is 0 Å². The number of rotatable bonds is 4. The second-order valence-corrected chi connectivity index (χ2v) is 4.85. The number of ether oxygens (including phenoxy) is 1. The van der Waals surface area contributed by atoms with Crippen molar-refractivity contribution in [3.8, 4) is 5.75 Å². The minimum Gasteiger partial charge on any atom is -0.502 e.